The molecule has 94 valence electrons. The molecule has 18 heavy (non-hydrogen) atoms. The van der Waals surface area contributed by atoms with Crippen LogP contribution < -0.4 is 5.32 Å². The third kappa shape index (κ3) is 2.53. The third-order valence-corrected chi connectivity index (χ3v) is 2.93. The summed E-state index contributed by atoms with van der Waals surface area (Å²) in [5, 5.41) is 12.1. The van der Waals surface area contributed by atoms with Gasteiger partial charge in [0.2, 0.25) is 5.76 Å². The zero-order valence-electron chi connectivity index (χ0n) is 10.4. The van der Waals surface area contributed by atoms with Crippen molar-refractivity contribution in [3.8, 4) is 0 Å². The van der Waals surface area contributed by atoms with Crippen LogP contribution >= 0.6 is 0 Å². The Morgan fingerprint density at radius 2 is 2.06 bits per heavy atom. The molecule has 0 unspecified atom stereocenters. The van der Waals surface area contributed by atoms with E-state index in [0.29, 0.717) is 12.1 Å². The SMILES string of the molecule is Cc1ccc(NCc2ccoc2C(=O)O)cc1C. The second-order valence-electron chi connectivity index (χ2n) is 4.23. The zero-order chi connectivity index (χ0) is 13.1. The highest BCUT2D eigenvalue weighted by molar-refractivity contribution is 5.86. The van der Waals surface area contributed by atoms with Crippen LogP contribution in [0.5, 0.6) is 0 Å². The van der Waals surface area contributed by atoms with Gasteiger partial charge in [-0.3, -0.25) is 0 Å². The van der Waals surface area contributed by atoms with E-state index in [-0.39, 0.29) is 5.76 Å². The number of aryl methyl sites for hydroxylation is 2. The summed E-state index contributed by atoms with van der Waals surface area (Å²) in [5.41, 5.74) is 4.04. The zero-order valence-corrected chi connectivity index (χ0v) is 10.4. The van der Waals surface area contributed by atoms with Crippen molar-refractivity contribution in [2.24, 2.45) is 0 Å². The maximum Gasteiger partial charge on any atom is 0.372 e. The largest absolute Gasteiger partial charge is 0.475 e. The van der Waals surface area contributed by atoms with Crippen LogP contribution in [0.4, 0.5) is 5.69 Å². The van der Waals surface area contributed by atoms with E-state index in [2.05, 4.69) is 12.2 Å². The van der Waals surface area contributed by atoms with Crippen molar-refractivity contribution in [2.75, 3.05) is 5.32 Å². The summed E-state index contributed by atoms with van der Waals surface area (Å²) in [6.07, 6.45) is 1.39. The molecule has 1 aromatic carbocycles. The standard InChI is InChI=1S/C14H15NO3/c1-9-3-4-12(7-10(9)2)15-8-11-5-6-18-13(11)14(16)17/h3-7,15H,8H2,1-2H3,(H,16,17). The molecule has 2 rings (SSSR count). The lowest BCUT2D eigenvalue weighted by Crippen LogP contribution is -2.04. The Kier molecular flexibility index (Phi) is 3.37. The van der Waals surface area contributed by atoms with Crippen LogP contribution in [0.3, 0.4) is 0 Å². The van der Waals surface area contributed by atoms with Crippen LogP contribution in [0.15, 0.2) is 34.9 Å². The normalized spacial score (nSPS) is 10.3. The lowest BCUT2D eigenvalue weighted by Gasteiger charge is -2.08. The molecule has 0 saturated carbocycles. The van der Waals surface area contributed by atoms with E-state index >= 15 is 0 Å². The van der Waals surface area contributed by atoms with E-state index in [4.69, 9.17) is 9.52 Å². The first kappa shape index (κ1) is 12.2. The highest BCUT2D eigenvalue weighted by Gasteiger charge is 2.13. The topological polar surface area (TPSA) is 62.5 Å². The van der Waals surface area contributed by atoms with Gasteiger partial charge in [0.1, 0.15) is 0 Å². The van der Waals surface area contributed by atoms with Crippen molar-refractivity contribution in [2.45, 2.75) is 20.4 Å². The van der Waals surface area contributed by atoms with E-state index < -0.39 is 5.97 Å². The van der Waals surface area contributed by atoms with Crippen molar-refractivity contribution in [3.05, 3.63) is 53.0 Å². The molecule has 0 aliphatic heterocycles. The number of rotatable bonds is 4. The van der Waals surface area contributed by atoms with Crippen molar-refractivity contribution >= 4 is 11.7 Å². The van der Waals surface area contributed by atoms with Crippen molar-refractivity contribution < 1.29 is 14.3 Å². The summed E-state index contributed by atoms with van der Waals surface area (Å²) in [7, 11) is 0. The number of hydrogen-bond donors (Lipinski definition) is 2. The number of carboxylic acid groups (broad SMARTS) is 1. The number of benzene rings is 1. The fourth-order valence-electron chi connectivity index (χ4n) is 1.71. The molecule has 2 aromatic rings. The van der Waals surface area contributed by atoms with Gasteiger partial charge in [-0.25, -0.2) is 4.79 Å². The van der Waals surface area contributed by atoms with Gasteiger partial charge in [-0.15, -0.1) is 0 Å². The van der Waals surface area contributed by atoms with Crippen LogP contribution in [0.2, 0.25) is 0 Å². The van der Waals surface area contributed by atoms with E-state index in [1.807, 2.05) is 25.1 Å². The molecule has 0 saturated heterocycles. The average molecular weight is 245 g/mol. The number of hydrogen-bond acceptors (Lipinski definition) is 3. The number of nitrogens with one attached hydrogen (secondary N) is 1. The quantitative estimate of drug-likeness (QED) is 0.868. The van der Waals surface area contributed by atoms with Gasteiger partial charge < -0.3 is 14.8 Å². The molecule has 0 radical (unpaired) electrons. The van der Waals surface area contributed by atoms with Gasteiger partial charge in [0, 0.05) is 17.8 Å². The molecule has 1 heterocycles. The second-order valence-corrected chi connectivity index (χ2v) is 4.23. The maximum absolute atomic E-state index is 10.9. The lowest BCUT2D eigenvalue weighted by atomic mass is 10.1. The molecule has 4 heteroatoms. The molecule has 0 bridgehead atoms. The molecular weight excluding hydrogens is 230 g/mol. The number of furan rings is 1. The molecule has 0 spiro atoms. The van der Waals surface area contributed by atoms with Crippen LogP contribution in [-0.4, -0.2) is 11.1 Å². The van der Waals surface area contributed by atoms with Crippen LogP contribution in [0.1, 0.15) is 27.2 Å². The van der Waals surface area contributed by atoms with Crippen molar-refractivity contribution in [3.63, 3.8) is 0 Å². The summed E-state index contributed by atoms with van der Waals surface area (Å²) < 4.78 is 4.92. The fourth-order valence-corrected chi connectivity index (χ4v) is 1.71. The van der Waals surface area contributed by atoms with Crippen LogP contribution in [0.25, 0.3) is 0 Å². The van der Waals surface area contributed by atoms with E-state index in [9.17, 15) is 4.79 Å². The van der Waals surface area contributed by atoms with E-state index in [1.165, 1.54) is 17.4 Å². The van der Waals surface area contributed by atoms with Gasteiger partial charge >= 0.3 is 5.97 Å². The molecule has 2 N–H and O–H groups in total. The highest BCUT2D eigenvalue weighted by Crippen LogP contribution is 2.17. The maximum atomic E-state index is 10.9. The predicted molar refractivity (Wildman–Crippen MR) is 68.9 cm³/mol. The Balaban J connectivity index is 2.09. The first-order valence-corrected chi connectivity index (χ1v) is 5.68. The predicted octanol–water partition coefficient (Wildman–Crippen LogP) is 3.21. The monoisotopic (exact) mass is 245 g/mol. The molecule has 1 aromatic heterocycles. The van der Waals surface area contributed by atoms with Gasteiger partial charge in [-0.1, -0.05) is 6.07 Å². The van der Waals surface area contributed by atoms with Gasteiger partial charge in [-0.05, 0) is 43.2 Å². The molecule has 0 aliphatic carbocycles. The van der Waals surface area contributed by atoms with E-state index in [1.54, 1.807) is 6.07 Å². The Labute approximate surface area is 105 Å². The fraction of sp³-hybridized carbons (Fsp3) is 0.214. The number of carbonyl (C=O) groups is 1. The summed E-state index contributed by atoms with van der Waals surface area (Å²) in [5.74, 6) is -1.05. The third-order valence-electron chi connectivity index (χ3n) is 2.93. The van der Waals surface area contributed by atoms with E-state index in [0.717, 1.165) is 5.69 Å². The lowest BCUT2D eigenvalue weighted by molar-refractivity contribution is 0.0661. The van der Waals surface area contributed by atoms with Gasteiger partial charge in [0.15, 0.2) is 0 Å². The number of aromatic carboxylic acids is 1. The number of anilines is 1. The second kappa shape index (κ2) is 4.96. The summed E-state index contributed by atoms with van der Waals surface area (Å²) in [6.45, 7) is 4.53. The summed E-state index contributed by atoms with van der Waals surface area (Å²) in [6, 6.07) is 7.71. The minimum Gasteiger partial charge on any atom is -0.475 e. The Morgan fingerprint density at radius 1 is 1.28 bits per heavy atom. The van der Waals surface area contributed by atoms with Crippen LogP contribution in [0, 0.1) is 13.8 Å². The van der Waals surface area contributed by atoms with Gasteiger partial charge in [0.25, 0.3) is 0 Å². The molecule has 0 fully saturated rings. The molecule has 4 nitrogen and oxygen atoms in total. The summed E-state index contributed by atoms with van der Waals surface area (Å²) >= 11 is 0. The van der Waals surface area contributed by atoms with Crippen molar-refractivity contribution in [1.29, 1.82) is 0 Å². The van der Waals surface area contributed by atoms with Gasteiger partial charge in [-0.2, -0.15) is 0 Å². The highest BCUT2D eigenvalue weighted by atomic mass is 16.4. The van der Waals surface area contributed by atoms with Crippen molar-refractivity contribution in [1.82, 2.24) is 0 Å². The minimum absolute atomic E-state index is 0.00802. The van der Waals surface area contributed by atoms with Crippen LogP contribution in [-0.2, 0) is 6.54 Å². The van der Waals surface area contributed by atoms with Gasteiger partial charge in [0.05, 0.1) is 6.26 Å². The smallest absolute Gasteiger partial charge is 0.372 e. The first-order valence-electron chi connectivity index (χ1n) is 5.68. The average Bonchev–Trinajstić information content (AvgIpc) is 2.79. The molecule has 0 aliphatic rings. The molecule has 0 atom stereocenters. The molecule has 0 amide bonds. The number of carboxylic acids is 1. The minimum atomic E-state index is -1.04. The Bertz CT molecular complexity index is 572. The summed E-state index contributed by atoms with van der Waals surface area (Å²) in [4.78, 5) is 10.9. The molecular formula is C14H15NO3. The first-order chi connectivity index (χ1) is 8.58. The Hall–Kier alpha value is -2.23. The Morgan fingerprint density at radius 3 is 2.72 bits per heavy atom.